The standard InChI is InChI=1S/C25H30Cl3N3O6S/c1-25(2,3)29-12-14-8-22-17(11-19(14)27)21(6-7-37-22)31-23(32)9-15(30-24(33)34)13-38(35,36)16-4-5-18(26)20(28)10-16/h4-5,8,10-11,15,21,29-30H,6-7,9,12-13H2,1-3H3,(H,31,32)(H,33,34)/t15-,21+/m0/s1. The lowest BCUT2D eigenvalue weighted by Gasteiger charge is -2.29. The highest BCUT2D eigenvalue weighted by Crippen LogP contribution is 2.36. The second-order valence-electron chi connectivity index (χ2n) is 10.1. The number of amides is 2. The third-order valence-electron chi connectivity index (χ3n) is 5.79. The van der Waals surface area contributed by atoms with Crippen LogP contribution in [0.1, 0.15) is 50.8 Å². The lowest BCUT2D eigenvalue weighted by Crippen LogP contribution is -2.43. The molecule has 0 spiro atoms. The Labute approximate surface area is 237 Å². The van der Waals surface area contributed by atoms with E-state index < -0.39 is 46.1 Å². The maximum Gasteiger partial charge on any atom is 0.404 e. The van der Waals surface area contributed by atoms with E-state index in [4.69, 9.17) is 39.5 Å². The van der Waals surface area contributed by atoms with E-state index in [0.29, 0.717) is 35.9 Å². The summed E-state index contributed by atoms with van der Waals surface area (Å²) in [5, 5.41) is 18.3. The number of carboxylic acid groups (broad SMARTS) is 1. The number of carbonyl (C=O) groups excluding carboxylic acids is 1. The first-order chi connectivity index (χ1) is 17.6. The number of hydrogen-bond donors (Lipinski definition) is 4. The lowest BCUT2D eigenvalue weighted by molar-refractivity contribution is -0.122. The summed E-state index contributed by atoms with van der Waals surface area (Å²) in [6.07, 6.45) is -1.39. The minimum atomic E-state index is -3.99. The summed E-state index contributed by atoms with van der Waals surface area (Å²) >= 11 is 18.3. The van der Waals surface area contributed by atoms with E-state index in [1.54, 1.807) is 6.07 Å². The van der Waals surface area contributed by atoms with Crippen molar-refractivity contribution in [1.82, 2.24) is 16.0 Å². The molecule has 0 saturated heterocycles. The van der Waals surface area contributed by atoms with Gasteiger partial charge in [-0.1, -0.05) is 34.8 Å². The number of sulfone groups is 1. The summed E-state index contributed by atoms with van der Waals surface area (Å²) in [5.74, 6) is -0.579. The van der Waals surface area contributed by atoms with Gasteiger partial charge in [-0.05, 0) is 56.7 Å². The van der Waals surface area contributed by atoms with Gasteiger partial charge in [-0.15, -0.1) is 0 Å². The molecule has 0 unspecified atom stereocenters. The van der Waals surface area contributed by atoms with Crippen LogP contribution in [0.15, 0.2) is 35.2 Å². The summed E-state index contributed by atoms with van der Waals surface area (Å²) in [4.78, 5) is 24.1. The van der Waals surface area contributed by atoms with Crippen molar-refractivity contribution in [3.05, 3.63) is 56.5 Å². The Balaban J connectivity index is 1.73. The molecule has 0 aliphatic carbocycles. The quantitative estimate of drug-likeness (QED) is 0.317. The molecule has 2 aromatic rings. The second kappa shape index (κ2) is 12.3. The minimum Gasteiger partial charge on any atom is -0.493 e. The van der Waals surface area contributed by atoms with Gasteiger partial charge in [0.15, 0.2) is 9.84 Å². The van der Waals surface area contributed by atoms with Crippen molar-refractivity contribution < 1.29 is 27.9 Å². The monoisotopic (exact) mass is 605 g/mol. The molecule has 13 heteroatoms. The van der Waals surface area contributed by atoms with Gasteiger partial charge >= 0.3 is 6.09 Å². The van der Waals surface area contributed by atoms with Gasteiger partial charge in [0.2, 0.25) is 5.91 Å². The van der Waals surface area contributed by atoms with Crippen LogP contribution in [0.2, 0.25) is 15.1 Å². The van der Waals surface area contributed by atoms with E-state index in [0.717, 1.165) is 5.56 Å². The zero-order valence-electron chi connectivity index (χ0n) is 21.1. The maximum absolute atomic E-state index is 12.9. The molecular weight excluding hydrogens is 577 g/mol. The molecule has 0 bridgehead atoms. The molecule has 0 radical (unpaired) electrons. The topological polar surface area (TPSA) is 134 Å². The molecule has 4 N–H and O–H groups in total. The molecule has 9 nitrogen and oxygen atoms in total. The molecule has 208 valence electrons. The molecule has 1 heterocycles. The number of benzene rings is 2. The van der Waals surface area contributed by atoms with Gasteiger partial charge in [0.25, 0.3) is 0 Å². The molecule has 38 heavy (non-hydrogen) atoms. The fraction of sp³-hybridized carbons (Fsp3) is 0.440. The Morgan fingerprint density at radius 1 is 1.11 bits per heavy atom. The van der Waals surface area contributed by atoms with E-state index in [9.17, 15) is 23.1 Å². The average molecular weight is 607 g/mol. The third kappa shape index (κ3) is 8.38. The van der Waals surface area contributed by atoms with Gasteiger partial charge in [0.1, 0.15) is 5.75 Å². The number of ether oxygens (including phenoxy) is 1. The summed E-state index contributed by atoms with van der Waals surface area (Å²) in [7, 11) is -3.99. The van der Waals surface area contributed by atoms with Crippen LogP contribution in [0.4, 0.5) is 4.79 Å². The average Bonchev–Trinajstić information content (AvgIpc) is 2.78. The van der Waals surface area contributed by atoms with Gasteiger partial charge in [-0.2, -0.15) is 0 Å². The van der Waals surface area contributed by atoms with E-state index >= 15 is 0 Å². The predicted molar refractivity (Wildman–Crippen MR) is 147 cm³/mol. The Morgan fingerprint density at radius 3 is 2.45 bits per heavy atom. The van der Waals surface area contributed by atoms with Crippen LogP contribution in [-0.2, 0) is 21.2 Å². The molecule has 0 saturated carbocycles. The van der Waals surface area contributed by atoms with Crippen LogP contribution in [-0.4, -0.2) is 49.5 Å². The Morgan fingerprint density at radius 2 is 1.82 bits per heavy atom. The van der Waals surface area contributed by atoms with Crippen molar-refractivity contribution >= 4 is 56.6 Å². The summed E-state index contributed by atoms with van der Waals surface area (Å²) < 4.78 is 31.6. The van der Waals surface area contributed by atoms with Crippen molar-refractivity contribution in [1.29, 1.82) is 0 Å². The van der Waals surface area contributed by atoms with E-state index in [1.807, 2.05) is 26.8 Å². The molecule has 2 atom stereocenters. The largest absolute Gasteiger partial charge is 0.493 e. The summed E-state index contributed by atoms with van der Waals surface area (Å²) in [5.41, 5.74) is 1.44. The highest BCUT2D eigenvalue weighted by Gasteiger charge is 2.29. The van der Waals surface area contributed by atoms with E-state index in [1.165, 1.54) is 18.2 Å². The predicted octanol–water partition coefficient (Wildman–Crippen LogP) is 4.97. The number of rotatable bonds is 9. The van der Waals surface area contributed by atoms with Crippen molar-refractivity contribution in [3.63, 3.8) is 0 Å². The molecular formula is C25H30Cl3N3O6S. The first-order valence-corrected chi connectivity index (χ1v) is 14.6. The normalized spacial score (nSPS) is 16.2. The van der Waals surface area contributed by atoms with Crippen molar-refractivity contribution in [2.45, 2.75) is 62.7 Å². The van der Waals surface area contributed by atoms with Crippen LogP contribution in [0.3, 0.4) is 0 Å². The zero-order valence-corrected chi connectivity index (χ0v) is 24.2. The Kier molecular flexibility index (Phi) is 9.81. The highest BCUT2D eigenvalue weighted by molar-refractivity contribution is 7.91. The number of fused-ring (bicyclic) bond motifs is 1. The highest BCUT2D eigenvalue weighted by atomic mass is 35.5. The van der Waals surface area contributed by atoms with Gasteiger partial charge in [0.05, 0.1) is 39.4 Å². The second-order valence-corrected chi connectivity index (χ2v) is 13.3. The SMILES string of the molecule is CC(C)(C)NCc1cc2c(cc1Cl)[C@H](NC(=O)C[C@@H](CS(=O)(=O)c1ccc(Cl)c(Cl)c1)NC(=O)O)CCO2. The molecule has 2 amide bonds. The molecule has 1 aliphatic heterocycles. The number of hydrogen-bond acceptors (Lipinski definition) is 6. The third-order valence-corrected chi connectivity index (χ3v) is 8.70. The fourth-order valence-corrected chi connectivity index (χ4v) is 6.03. The Hall–Kier alpha value is -2.24. The van der Waals surface area contributed by atoms with Crippen LogP contribution in [0, 0.1) is 0 Å². The van der Waals surface area contributed by atoms with Gasteiger partial charge in [0, 0.05) is 35.5 Å². The van der Waals surface area contributed by atoms with E-state index in [2.05, 4.69) is 16.0 Å². The van der Waals surface area contributed by atoms with Crippen molar-refractivity contribution in [3.8, 4) is 5.75 Å². The van der Waals surface area contributed by atoms with Gasteiger partial charge in [-0.25, -0.2) is 13.2 Å². The fourth-order valence-electron chi connectivity index (χ4n) is 3.93. The van der Waals surface area contributed by atoms with Gasteiger partial charge < -0.3 is 25.8 Å². The number of halogens is 3. The first kappa shape index (κ1) is 30.3. The van der Waals surface area contributed by atoms with Crippen molar-refractivity contribution in [2.75, 3.05) is 12.4 Å². The summed E-state index contributed by atoms with van der Waals surface area (Å²) in [6, 6.07) is 5.74. The summed E-state index contributed by atoms with van der Waals surface area (Å²) in [6.45, 7) is 7.02. The Bertz CT molecular complexity index is 1310. The number of carbonyl (C=O) groups is 2. The first-order valence-electron chi connectivity index (χ1n) is 11.8. The smallest absolute Gasteiger partial charge is 0.404 e. The lowest BCUT2D eigenvalue weighted by atomic mass is 9.98. The maximum atomic E-state index is 12.9. The van der Waals surface area contributed by atoms with Crippen LogP contribution in [0.25, 0.3) is 0 Å². The molecule has 3 rings (SSSR count). The zero-order chi connectivity index (χ0) is 28.3. The molecule has 2 aromatic carbocycles. The van der Waals surface area contributed by atoms with Crippen LogP contribution < -0.4 is 20.7 Å². The van der Waals surface area contributed by atoms with E-state index in [-0.39, 0.29) is 20.5 Å². The molecule has 1 aliphatic rings. The van der Waals surface area contributed by atoms with Gasteiger partial charge in [-0.3, -0.25) is 4.79 Å². The minimum absolute atomic E-state index is 0.0439. The van der Waals surface area contributed by atoms with Crippen LogP contribution >= 0.6 is 34.8 Å². The van der Waals surface area contributed by atoms with Crippen molar-refractivity contribution in [2.24, 2.45) is 0 Å². The number of nitrogens with one attached hydrogen (secondary N) is 3. The molecule has 0 fully saturated rings. The molecule has 0 aromatic heterocycles. The van der Waals surface area contributed by atoms with Crippen LogP contribution in [0.5, 0.6) is 5.75 Å².